The maximum Gasteiger partial charge on any atom is 0.0882 e. The number of aromatic nitrogens is 2. The van der Waals surface area contributed by atoms with Crippen molar-refractivity contribution in [3.63, 3.8) is 0 Å². The molecule has 2 heterocycles. The molecular formula is C15H13BrN4. The number of pyridine rings is 2. The lowest BCUT2D eigenvalue weighted by Gasteiger charge is -2.16. The standard InChI is InChI=1S/C15H13BrN4/c16-12-5-6-13(19-9-12)15(20-17)11-4-3-10-2-1-7-18-14(10)8-11/h1-9,15,20H,17H2. The first kappa shape index (κ1) is 13.2. The van der Waals surface area contributed by atoms with Crippen molar-refractivity contribution in [2.24, 2.45) is 5.84 Å². The molecule has 3 N–H and O–H groups in total. The molecule has 0 spiro atoms. The Bertz CT molecular complexity index is 727. The third-order valence-electron chi connectivity index (χ3n) is 3.18. The van der Waals surface area contributed by atoms with Crippen molar-refractivity contribution in [3.8, 4) is 0 Å². The summed E-state index contributed by atoms with van der Waals surface area (Å²) in [5, 5.41) is 1.11. The van der Waals surface area contributed by atoms with Gasteiger partial charge in [-0.2, -0.15) is 0 Å². The van der Waals surface area contributed by atoms with Crippen LogP contribution in [0.4, 0.5) is 0 Å². The lowest BCUT2D eigenvalue weighted by molar-refractivity contribution is 0.621. The second-order valence-electron chi connectivity index (χ2n) is 4.46. The summed E-state index contributed by atoms with van der Waals surface area (Å²) in [5.74, 6) is 5.70. The van der Waals surface area contributed by atoms with Gasteiger partial charge in [-0.25, -0.2) is 5.43 Å². The van der Waals surface area contributed by atoms with Gasteiger partial charge in [0.15, 0.2) is 0 Å². The van der Waals surface area contributed by atoms with Crippen LogP contribution in [0, 0.1) is 0 Å². The first-order valence-corrected chi connectivity index (χ1v) is 6.99. The summed E-state index contributed by atoms with van der Waals surface area (Å²) in [6.45, 7) is 0. The Balaban J connectivity index is 2.04. The van der Waals surface area contributed by atoms with Crippen molar-refractivity contribution < 1.29 is 0 Å². The number of halogens is 1. The van der Waals surface area contributed by atoms with Gasteiger partial charge in [0.25, 0.3) is 0 Å². The first-order valence-electron chi connectivity index (χ1n) is 6.20. The summed E-state index contributed by atoms with van der Waals surface area (Å²) >= 11 is 3.38. The van der Waals surface area contributed by atoms with E-state index in [9.17, 15) is 0 Å². The summed E-state index contributed by atoms with van der Waals surface area (Å²) in [6, 6.07) is 13.8. The quantitative estimate of drug-likeness (QED) is 0.573. The SMILES string of the molecule is NNC(c1ccc2cccnc2c1)c1ccc(Br)cn1. The van der Waals surface area contributed by atoms with E-state index in [1.165, 1.54) is 0 Å². The van der Waals surface area contributed by atoms with Gasteiger partial charge in [0.2, 0.25) is 0 Å². The van der Waals surface area contributed by atoms with E-state index >= 15 is 0 Å². The molecule has 1 aromatic carbocycles. The summed E-state index contributed by atoms with van der Waals surface area (Å²) < 4.78 is 0.942. The van der Waals surface area contributed by atoms with Gasteiger partial charge < -0.3 is 0 Å². The largest absolute Gasteiger partial charge is 0.271 e. The number of hydrogen-bond acceptors (Lipinski definition) is 4. The average Bonchev–Trinajstić information content (AvgIpc) is 2.50. The van der Waals surface area contributed by atoms with E-state index in [1.54, 1.807) is 12.4 Å². The van der Waals surface area contributed by atoms with Gasteiger partial charge in [-0.3, -0.25) is 15.8 Å². The fourth-order valence-electron chi connectivity index (χ4n) is 2.17. The third kappa shape index (κ3) is 2.56. The smallest absolute Gasteiger partial charge is 0.0882 e. The Morgan fingerprint density at radius 2 is 2.00 bits per heavy atom. The molecule has 20 heavy (non-hydrogen) atoms. The second kappa shape index (κ2) is 5.66. The third-order valence-corrected chi connectivity index (χ3v) is 3.65. The van der Waals surface area contributed by atoms with Gasteiger partial charge in [-0.1, -0.05) is 18.2 Å². The fourth-order valence-corrected chi connectivity index (χ4v) is 2.41. The zero-order valence-corrected chi connectivity index (χ0v) is 12.2. The number of fused-ring (bicyclic) bond motifs is 1. The predicted molar refractivity (Wildman–Crippen MR) is 82.8 cm³/mol. The molecule has 0 radical (unpaired) electrons. The van der Waals surface area contributed by atoms with E-state index in [2.05, 4.69) is 31.3 Å². The molecule has 0 amide bonds. The van der Waals surface area contributed by atoms with Crippen LogP contribution in [0.5, 0.6) is 0 Å². The molecular weight excluding hydrogens is 316 g/mol. The molecule has 0 saturated carbocycles. The van der Waals surface area contributed by atoms with Crippen LogP contribution in [0.25, 0.3) is 10.9 Å². The van der Waals surface area contributed by atoms with Crippen LogP contribution in [0.3, 0.4) is 0 Å². The predicted octanol–water partition coefficient (Wildman–Crippen LogP) is 2.95. The minimum absolute atomic E-state index is 0.158. The van der Waals surface area contributed by atoms with E-state index in [4.69, 9.17) is 5.84 Å². The second-order valence-corrected chi connectivity index (χ2v) is 5.37. The zero-order chi connectivity index (χ0) is 13.9. The number of hydrogen-bond donors (Lipinski definition) is 2. The van der Waals surface area contributed by atoms with Crippen molar-refractivity contribution in [1.82, 2.24) is 15.4 Å². The Hall–Kier alpha value is -1.82. The van der Waals surface area contributed by atoms with Crippen LogP contribution in [0.2, 0.25) is 0 Å². The van der Waals surface area contributed by atoms with Gasteiger partial charge in [0.05, 0.1) is 17.3 Å². The van der Waals surface area contributed by atoms with E-state index < -0.39 is 0 Å². The van der Waals surface area contributed by atoms with Gasteiger partial charge in [0, 0.05) is 22.3 Å². The normalized spacial score (nSPS) is 12.5. The fraction of sp³-hybridized carbons (Fsp3) is 0.0667. The molecule has 0 aliphatic rings. The molecule has 100 valence electrons. The van der Waals surface area contributed by atoms with Crippen molar-refractivity contribution >= 4 is 26.8 Å². The summed E-state index contributed by atoms with van der Waals surface area (Å²) in [6.07, 6.45) is 3.55. The lowest BCUT2D eigenvalue weighted by atomic mass is 10.0. The molecule has 0 saturated heterocycles. The molecule has 1 unspecified atom stereocenters. The molecule has 0 bridgehead atoms. The highest BCUT2D eigenvalue weighted by atomic mass is 79.9. The van der Waals surface area contributed by atoms with E-state index in [1.807, 2.05) is 42.5 Å². The van der Waals surface area contributed by atoms with Crippen molar-refractivity contribution in [3.05, 3.63) is 70.6 Å². The Morgan fingerprint density at radius 3 is 2.75 bits per heavy atom. The highest BCUT2D eigenvalue weighted by molar-refractivity contribution is 9.10. The molecule has 1 atom stereocenters. The van der Waals surface area contributed by atoms with E-state index in [0.717, 1.165) is 26.6 Å². The molecule has 0 fully saturated rings. The van der Waals surface area contributed by atoms with E-state index in [-0.39, 0.29) is 6.04 Å². The molecule has 5 heteroatoms. The minimum atomic E-state index is -0.158. The molecule has 0 aliphatic carbocycles. The van der Waals surface area contributed by atoms with Crippen LogP contribution in [-0.2, 0) is 0 Å². The highest BCUT2D eigenvalue weighted by Crippen LogP contribution is 2.23. The van der Waals surface area contributed by atoms with Gasteiger partial charge >= 0.3 is 0 Å². The molecule has 3 aromatic rings. The molecule has 3 rings (SSSR count). The van der Waals surface area contributed by atoms with Gasteiger partial charge in [-0.15, -0.1) is 0 Å². The molecule has 2 aromatic heterocycles. The zero-order valence-electron chi connectivity index (χ0n) is 10.6. The minimum Gasteiger partial charge on any atom is -0.271 e. The van der Waals surface area contributed by atoms with Crippen molar-refractivity contribution in [1.29, 1.82) is 0 Å². The number of nitrogens with zero attached hydrogens (tertiary/aromatic N) is 2. The average molecular weight is 329 g/mol. The number of nitrogens with two attached hydrogens (primary N) is 1. The monoisotopic (exact) mass is 328 g/mol. The van der Waals surface area contributed by atoms with Crippen molar-refractivity contribution in [2.45, 2.75) is 6.04 Å². The summed E-state index contributed by atoms with van der Waals surface area (Å²) in [4.78, 5) is 8.77. The Morgan fingerprint density at radius 1 is 1.10 bits per heavy atom. The Kier molecular flexibility index (Phi) is 3.73. The number of hydrazine groups is 1. The number of benzene rings is 1. The first-order chi connectivity index (χ1) is 9.78. The van der Waals surface area contributed by atoms with Gasteiger partial charge in [-0.05, 0) is 45.8 Å². The number of nitrogens with one attached hydrogen (secondary N) is 1. The van der Waals surface area contributed by atoms with Crippen LogP contribution in [0.1, 0.15) is 17.3 Å². The van der Waals surface area contributed by atoms with E-state index in [0.29, 0.717) is 0 Å². The number of rotatable bonds is 3. The maximum atomic E-state index is 5.70. The van der Waals surface area contributed by atoms with Crippen LogP contribution in [0.15, 0.2) is 59.3 Å². The van der Waals surface area contributed by atoms with Crippen molar-refractivity contribution in [2.75, 3.05) is 0 Å². The van der Waals surface area contributed by atoms with Crippen LogP contribution >= 0.6 is 15.9 Å². The molecule has 4 nitrogen and oxygen atoms in total. The van der Waals surface area contributed by atoms with Crippen LogP contribution < -0.4 is 11.3 Å². The van der Waals surface area contributed by atoms with Gasteiger partial charge in [0.1, 0.15) is 0 Å². The lowest BCUT2D eigenvalue weighted by Crippen LogP contribution is -2.29. The highest BCUT2D eigenvalue weighted by Gasteiger charge is 2.14. The topological polar surface area (TPSA) is 63.8 Å². The summed E-state index contributed by atoms with van der Waals surface area (Å²) in [5.41, 5.74) is 5.66. The van der Waals surface area contributed by atoms with Crippen LogP contribution in [-0.4, -0.2) is 9.97 Å². The summed E-state index contributed by atoms with van der Waals surface area (Å²) in [7, 11) is 0. The molecule has 0 aliphatic heterocycles. The Labute approximate surface area is 125 Å². The maximum absolute atomic E-state index is 5.70.